The lowest BCUT2D eigenvalue weighted by molar-refractivity contribution is 0.577. The lowest BCUT2D eigenvalue weighted by Gasteiger charge is -2.12. The molecule has 21 heavy (non-hydrogen) atoms. The molecule has 1 aromatic carbocycles. The molecule has 0 fully saturated rings. The summed E-state index contributed by atoms with van der Waals surface area (Å²) < 4.78 is 27.6. The summed E-state index contributed by atoms with van der Waals surface area (Å²) in [5, 5.41) is 3.02. The van der Waals surface area contributed by atoms with Gasteiger partial charge in [0, 0.05) is 18.0 Å². The van der Waals surface area contributed by atoms with Crippen molar-refractivity contribution in [1.29, 1.82) is 0 Å². The second kappa shape index (κ2) is 7.17. The molecule has 1 heterocycles. The number of sulfonamides is 1. The Morgan fingerprint density at radius 2 is 1.86 bits per heavy atom. The lowest BCUT2D eigenvalue weighted by atomic mass is 10.0. The van der Waals surface area contributed by atoms with Crippen molar-refractivity contribution in [2.45, 2.75) is 23.6 Å². The topological polar surface area (TPSA) is 58.2 Å². The molecular formula is C15H20N2O2S2. The quantitative estimate of drug-likeness (QED) is 0.823. The first kappa shape index (κ1) is 16.2. The average molecular weight is 324 g/mol. The van der Waals surface area contributed by atoms with Crippen LogP contribution in [0.25, 0.3) is 0 Å². The van der Waals surface area contributed by atoms with Crippen LogP contribution < -0.4 is 10.0 Å². The Kier molecular flexibility index (Phi) is 5.52. The Balaban J connectivity index is 2.00. The van der Waals surface area contributed by atoms with E-state index in [9.17, 15) is 8.42 Å². The van der Waals surface area contributed by atoms with E-state index in [1.54, 1.807) is 6.07 Å². The van der Waals surface area contributed by atoms with Gasteiger partial charge in [-0.15, -0.1) is 11.3 Å². The van der Waals surface area contributed by atoms with Gasteiger partial charge in [0.25, 0.3) is 0 Å². The van der Waals surface area contributed by atoms with Gasteiger partial charge in [0.2, 0.25) is 10.0 Å². The monoisotopic (exact) mass is 324 g/mol. The van der Waals surface area contributed by atoms with Crippen LogP contribution in [0.1, 0.15) is 23.3 Å². The Bertz CT molecular complexity index is 666. The van der Waals surface area contributed by atoms with Crippen LogP contribution in [0.5, 0.6) is 0 Å². The fourth-order valence-corrected chi connectivity index (χ4v) is 4.52. The van der Waals surface area contributed by atoms with Crippen molar-refractivity contribution in [2.75, 3.05) is 13.6 Å². The maximum atomic E-state index is 12.3. The standard InChI is InChI=1S/C15H20N2O2S2/c1-12(13-6-4-3-5-7-13)10-17-21(18,19)15-9-8-14(20-15)11-16-2/h3-9,12,16-17H,10-11H2,1-2H3. The van der Waals surface area contributed by atoms with Crippen LogP contribution in [-0.2, 0) is 16.6 Å². The summed E-state index contributed by atoms with van der Waals surface area (Å²) in [5.74, 6) is 0.137. The number of hydrogen-bond donors (Lipinski definition) is 2. The van der Waals surface area contributed by atoms with Crippen LogP contribution in [0.15, 0.2) is 46.7 Å². The van der Waals surface area contributed by atoms with Gasteiger partial charge in [0.05, 0.1) is 0 Å². The Morgan fingerprint density at radius 3 is 2.52 bits per heavy atom. The third-order valence-corrected chi connectivity index (χ3v) is 6.20. The first-order valence-corrected chi connectivity index (χ1v) is 9.11. The Morgan fingerprint density at radius 1 is 1.14 bits per heavy atom. The van der Waals surface area contributed by atoms with E-state index in [1.807, 2.05) is 50.4 Å². The van der Waals surface area contributed by atoms with Gasteiger partial charge in [0.1, 0.15) is 4.21 Å². The Hall–Kier alpha value is -1.21. The van der Waals surface area contributed by atoms with Crippen molar-refractivity contribution >= 4 is 21.4 Å². The highest BCUT2D eigenvalue weighted by Crippen LogP contribution is 2.22. The minimum absolute atomic E-state index is 0.137. The average Bonchev–Trinajstić information content (AvgIpc) is 2.96. The van der Waals surface area contributed by atoms with Crippen molar-refractivity contribution in [1.82, 2.24) is 10.0 Å². The molecule has 0 aliphatic rings. The summed E-state index contributed by atoms with van der Waals surface area (Å²) in [5.41, 5.74) is 1.13. The maximum Gasteiger partial charge on any atom is 0.250 e. The maximum absolute atomic E-state index is 12.3. The predicted octanol–water partition coefficient (Wildman–Crippen LogP) is 2.55. The highest BCUT2D eigenvalue weighted by Gasteiger charge is 2.18. The van der Waals surface area contributed by atoms with E-state index in [0.717, 1.165) is 10.4 Å². The molecule has 0 aliphatic heterocycles. The molecule has 4 nitrogen and oxygen atoms in total. The van der Waals surface area contributed by atoms with Crippen molar-refractivity contribution in [3.05, 3.63) is 52.9 Å². The number of hydrogen-bond acceptors (Lipinski definition) is 4. The molecule has 1 aromatic heterocycles. The zero-order chi connectivity index (χ0) is 15.3. The molecule has 0 bridgehead atoms. The lowest BCUT2D eigenvalue weighted by Crippen LogP contribution is -2.27. The first-order valence-electron chi connectivity index (χ1n) is 6.81. The summed E-state index contributed by atoms with van der Waals surface area (Å²) in [7, 11) is -1.58. The van der Waals surface area contributed by atoms with Gasteiger partial charge in [-0.3, -0.25) is 0 Å². The van der Waals surface area contributed by atoms with Crippen LogP contribution >= 0.6 is 11.3 Å². The molecule has 1 unspecified atom stereocenters. The van der Waals surface area contributed by atoms with E-state index in [0.29, 0.717) is 17.3 Å². The molecule has 6 heteroatoms. The molecule has 2 aromatic rings. The van der Waals surface area contributed by atoms with Gasteiger partial charge in [-0.25, -0.2) is 13.1 Å². The SMILES string of the molecule is CNCc1ccc(S(=O)(=O)NCC(C)c2ccccc2)s1. The third kappa shape index (κ3) is 4.38. The molecule has 2 rings (SSSR count). The predicted molar refractivity (Wildman–Crippen MR) is 87.1 cm³/mol. The van der Waals surface area contributed by atoms with Crippen LogP contribution in [0.3, 0.4) is 0 Å². The molecule has 0 aliphatic carbocycles. The van der Waals surface area contributed by atoms with Gasteiger partial charge < -0.3 is 5.32 Å². The highest BCUT2D eigenvalue weighted by atomic mass is 32.2. The molecule has 1 atom stereocenters. The number of thiophene rings is 1. The van der Waals surface area contributed by atoms with E-state index < -0.39 is 10.0 Å². The fraction of sp³-hybridized carbons (Fsp3) is 0.333. The summed E-state index contributed by atoms with van der Waals surface area (Å²) in [6, 6.07) is 13.4. The van der Waals surface area contributed by atoms with Gasteiger partial charge in [0.15, 0.2) is 0 Å². The van der Waals surface area contributed by atoms with Gasteiger partial charge in [-0.2, -0.15) is 0 Å². The molecule has 2 N–H and O–H groups in total. The van der Waals surface area contributed by atoms with E-state index in [2.05, 4.69) is 10.0 Å². The fourth-order valence-electron chi connectivity index (χ4n) is 1.98. The minimum Gasteiger partial charge on any atom is -0.315 e. The zero-order valence-corrected chi connectivity index (χ0v) is 13.8. The molecule has 0 saturated carbocycles. The second-order valence-electron chi connectivity index (χ2n) is 4.91. The third-order valence-electron chi connectivity index (χ3n) is 3.20. The molecule has 0 spiro atoms. The number of rotatable bonds is 7. The second-order valence-corrected chi connectivity index (χ2v) is 8.08. The van der Waals surface area contributed by atoms with Crippen molar-refractivity contribution < 1.29 is 8.42 Å². The molecule has 114 valence electrons. The largest absolute Gasteiger partial charge is 0.315 e. The van der Waals surface area contributed by atoms with Crippen LogP contribution in [0, 0.1) is 0 Å². The summed E-state index contributed by atoms with van der Waals surface area (Å²) in [6.07, 6.45) is 0. The van der Waals surface area contributed by atoms with Gasteiger partial charge in [-0.05, 0) is 30.7 Å². The van der Waals surface area contributed by atoms with Crippen molar-refractivity contribution in [3.8, 4) is 0 Å². The molecule has 0 saturated heterocycles. The van der Waals surface area contributed by atoms with E-state index in [4.69, 9.17) is 0 Å². The molecule has 0 radical (unpaired) electrons. The number of benzene rings is 1. The summed E-state index contributed by atoms with van der Waals surface area (Å²) in [4.78, 5) is 1.01. The normalized spacial score (nSPS) is 13.2. The zero-order valence-electron chi connectivity index (χ0n) is 12.2. The number of nitrogens with one attached hydrogen (secondary N) is 2. The first-order chi connectivity index (χ1) is 10.0. The van der Waals surface area contributed by atoms with Gasteiger partial charge in [-0.1, -0.05) is 37.3 Å². The molecular weight excluding hydrogens is 304 g/mol. The summed E-state index contributed by atoms with van der Waals surface area (Å²) >= 11 is 1.30. The van der Waals surface area contributed by atoms with E-state index in [1.165, 1.54) is 11.3 Å². The van der Waals surface area contributed by atoms with E-state index >= 15 is 0 Å². The van der Waals surface area contributed by atoms with E-state index in [-0.39, 0.29) is 5.92 Å². The summed E-state index contributed by atoms with van der Waals surface area (Å²) in [6.45, 7) is 3.09. The smallest absolute Gasteiger partial charge is 0.250 e. The Labute approximate surface area is 130 Å². The van der Waals surface area contributed by atoms with Crippen LogP contribution in [0.2, 0.25) is 0 Å². The van der Waals surface area contributed by atoms with Crippen molar-refractivity contribution in [3.63, 3.8) is 0 Å². The van der Waals surface area contributed by atoms with Gasteiger partial charge >= 0.3 is 0 Å². The minimum atomic E-state index is -3.42. The van der Waals surface area contributed by atoms with Crippen LogP contribution in [0.4, 0.5) is 0 Å². The van der Waals surface area contributed by atoms with Crippen LogP contribution in [-0.4, -0.2) is 22.0 Å². The van der Waals surface area contributed by atoms with Crippen molar-refractivity contribution in [2.24, 2.45) is 0 Å². The molecule has 0 amide bonds. The highest BCUT2D eigenvalue weighted by molar-refractivity contribution is 7.91.